The molecule has 4 rings (SSSR count). The Kier molecular flexibility index (Phi) is 6.10. The lowest BCUT2D eigenvalue weighted by Crippen LogP contribution is -2.50. The Morgan fingerprint density at radius 3 is 2.85 bits per heavy atom. The van der Waals surface area contributed by atoms with Crippen molar-refractivity contribution in [3.63, 3.8) is 0 Å². The van der Waals surface area contributed by atoms with Gasteiger partial charge >= 0.3 is 0 Å². The monoisotopic (exact) mass is 359 g/mol. The molecule has 1 aliphatic carbocycles. The maximum Gasteiger partial charge on any atom is 0.0642 e. The van der Waals surface area contributed by atoms with Crippen LogP contribution < -0.4 is 15.5 Å². The summed E-state index contributed by atoms with van der Waals surface area (Å²) in [5.74, 6) is 0.688. The molecule has 2 saturated heterocycles. The van der Waals surface area contributed by atoms with Gasteiger partial charge in [-0.15, -0.1) is 0 Å². The zero-order valence-corrected chi connectivity index (χ0v) is 16.0. The molecule has 5 heteroatoms. The van der Waals surface area contributed by atoms with Crippen LogP contribution in [0.15, 0.2) is 18.2 Å². The average molecular weight is 360 g/mol. The highest BCUT2D eigenvalue weighted by molar-refractivity contribution is 5.55. The highest BCUT2D eigenvalue weighted by Crippen LogP contribution is 2.30. The number of benzene rings is 1. The van der Waals surface area contributed by atoms with Gasteiger partial charge < -0.3 is 25.0 Å². The topological polar surface area (TPSA) is 45.8 Å². The van der Waals surface area contributed by atoms with Crippen LogP contribution in [0.3, 0.4) is 0 Å². The van der Waals surface area contributed by atoms with E-state index in [0.29, 0.717) is 18.0 Å². The van der Waals surface area contributed by atoms with Crippen molar-refractivity contribution in [2.75, 3.05) is 51.0 Å². The van der Waals surface area contributed by atoms with Crippen molar-refractivity contribution in [3.05, 3.63) is 29.3 Å². The Bertz CT molecular complexity index is 583. The van der Waals surface area contributed by atoms with E-state index in [0.717, 1.165) is 52.6 Å². The maximum absolute atomic E-state index is 5.71. The Morgan fingerprint density at radius 1 is 1.15 bits per heavy atom. The standard InChI is InChI=1S/C21H33N3O2/c1-16-5-6-17(21(13-16)24-8-11-25-12-9-24)14-23-19-4-2-3-18(19)20-15-26-10-7-22-20/h5-6,13,18-20,22-23H,2-4,7-12,14-15H2,1H3. The normalized spacial score (nSPS) is 29.9. The van der Waals surface area contributed by atoms with Gasteiger partial charge in [-0.1, -0.05) is 18.6 Å². The van der Waals surface area contributed by atoms with E-state index >= 15 is 0 Å². The summed E-state index contributed by atoms with van der Waals surface area (Å²) >= 11 is 0. The molecule has 1 aromatic rings. The van der Waals surface area contributed by atoms with Crippen molar-refractivity contribution in [1.29, 1.82) is 0 Å². The van der Waals surface area contributed by atoms with Crippen LogP contribution in [0.5, 0.6) is 0 Å². The molecule has 5 nitrogen and oxygen atoms in total. The van der Waals surface area contributed by atoms with E-state index in [1.54, 1.807) is 0 Å². The van der Waals surface area contributed by atoms with Gasteiger partial charge in [0, 0.05) is 44.0 Å². The Balaban J connectivity index is 1.42. The lowest BCUT2D eigenvalue weighted by molar-refractivity contribution is 0.0524. The van der Waals surface area contributed by atoms with Gasteiger partial charge in [0.15, 0.2) is 0 Å². The third kappa shape index (κ3) is 4.22. The number of hydrogen-bond donors (Lipinski definition) is 2. The first-order valence-corrected chi connectivity index (χ1v) is 10.3. The van der Waals surface area contributed by atoms with Gasteiger partial charge in [0.1, 0.15) is 0 Å². The number of nitrogens with zero attached hydrogens (tertiary/aromatic N) is 1. The first kappa shape index (κ1) is 18.2. The van der Waals surface area contributed by atoms with E-state index in [-0.39, 0.29) is 0 Å². The number of rotatable bonds is 5. The molecule has 0 aromatic heterocycles. The van der Waals surface area contributed by atoms with Crippen molar-refractivity contribution in [2.45, 2.75) is 44.8 Å². The molecule has 3 unspecified atom stereocenters. The zero-order valence-electron chi connectivity index (χ0n) is 16.0. The van der Waals surface area contributed by atoms with E-state index < -0.39 is 0 Å². The van der Waals surface area contributed by atoms with Crippen LogP contribution in [-0.4, -0.2) is 58.1 Å². The minimum Gasteiger partial charge on any atom is -0.379 e. The molecule has 0 spiro atoms. The van der Waals surface area contributed by atoms with Crippen LogP contribution in [0.1, 0.15) is 30.4 Å². The molecule has 0 radical (unpaired) electrons. The molecule has 3 atom stereocenters. The minimum atomic E-state index is 0.514. The second-order valence-electron chi connectivity index (χ2n) is 7.95. The first-order chi connectivity index (χ1) is 12.8. The number of ether oxygens (including phenoxy) is 2. The summed E-state index contributed by atoms with van der Waals surface area (Å²) in [6.07, 6.45) is 3.91. The second kappa shape index (κ2) is 8.70. The van der Waals surface area contributed by atoms with Gasteiger partial charge in [-0.3, -0.25) is 0 Å². The molecule has 0 amide bonds. The van der Waals surface area contributed by atoms with Crippen molar-refractivity contribution in [1.82, 2.24) is 10.6 Å². The Labute approximate surface area is 157 Å². The molecular formula is C21H33N3O2. The van der Waals surface area contributed by atoms with Gasteiger partial charge in [0.2, 0.25) is 0 Å². The highest BCUT2D eigenvalue weighted by Gasteiger charge is 2.34. The number of hydrogen-bond acceptors (Lipinski definition) is 5. The predicted octanol–water partition coefficient (Wildman–Crippen LogP) is 2.08. The molecule has 2 aliphatic heterocycles. The fraction of sp³-hybridized carbons (Fsp3) is 0.714. The summed E-state index contributed by atoms with van der Waals surface area (Å²) in [5.41, 5.74) is 4.13. The molecule has 26 heavy (non-hydrogen) atoms. The lowest BCUT2D eigenvalue weighted by Gasteiger charge is -2.34. The zero-order chi connectivity index (χ0) is 17.8. The predicted molar refractivity (Wildman–Crippen MR) is 105 cm³/mol. The quantitative estimate of drug-likeness (QED) is 0.843. The summed E-state index contributed by atoms with van der Waals surface area (Å²) in [5, 5.41) is 7.56. The molecule has 2 N–H and O–H groups in total. The van der Waals surface area contributed by atoms with Crippen LogP contribution in [0.4, 0.5) is 5.69 Å². The smallest absolute Gasteiger partial charge is 0.0642 e. The molecular weight excluding hydrogens is 326 g/mol. The fourth-order valence-corrected chi connectivity index (χ4v) is 4.75. The van der Waals surface area contributed by atoms with Crippen molar-refractivity contribution in [2.24, 2.45) is 5.92 Å². The van der Waals surface area contributed by atoms with Crippen LogP contribution in [-0.2, 0) is 16.0 Å². The van der Waals surface area contributed by atoms with E-state index in [4.69, 9.17) is 9.47 Å². The Morgan fingerprint density at radius 2 is 2.04 bits per heavy atom. The number of aryl methyl sites for hydroxylation is 1. The van der Waals surface area contributed by atoms with Crippen LogP contribution >= 0.6 is 0 Å². The SMILES string of the molecule is Cc1ccc(CNC2CCCC2C2COCCN2)c(N2CCOCC2)c1. The van der Waals surface area contributed by atoms with E-state index in [9.17, 15) is 0 Å². The highest BCUT2D eigenvalue weighted by atomic mass is 16.5. The fourth-order valence-electron chi connectivity index (χ4n) is 4.75. The largest absolute Gasteiger partial charge is 0.379 e. The molecule has 0 bridgehead atoms. The maximum atomic E-state index is 5.71. The van der Waals surface area contributed by atoms with Gasteiger partial charge in [0.05, 0.1) is 26.4 Å². The Hall–Kier alpha value is -1.14. The number of morpholine rings is 2. The van der Waals surface area contributed by atoms with Crippen LogP contribution in [0.25, 0.3) is 0 Å². The third-order valence-electron chi connectivity index (χ3n) is 6.18. The summed E-state index contributed by atoms with van der Waals surface area (Å²) in [4.78, 5) is 2.48. The number of nitrogens with one attached hydrogen (secondary N) is 2. The molecule has 144 valence electrons. The average Bonchev–Trinajstić information content (AvgIpc) is 3.17. The lowest BCUT2D eigenvalue weighted by atomic mass is 9.93. The van der Waals surface area contributed by atoms with Gasteiger partial charge in [-0.05, 0) is 42.9 Å². The first-order valence-electron chi connectivity index (χ1n) is 10.3. The summed E-state index contributed by atoms with van der Waals surface area (Å²) in [6.45, 7) is 9.49. The van der Waals surface area contributed by atoms with Crippen molar-refractivity contribution >= 4 is 5.69 Å². The van der Waals surface area contributed by atoms with Gasteiger partial charge in [-0.2, -0.15) is 0 Å². The van der Waals surface area contributed by atoms with Crippen LogP contribution in [0.2, 0.25) is 0 Å². The molecule has 1 saturated carbocycles. The third-order valence-corrected chi connectivity index (χ3v) is 6.18. The minimum absolute atomic E-state index is 0.514. The van der Waals surface area contributed by atoms with Gasteiger partial charge in [0.25, 0.3) is 0 Å². The summed E-state index contributed by atoms with van der Waals surface area (Å²) in [6, 6.07) is 7.99. The summed E-state index contributed by atoms with van der Waals surface area (Å²) in [7, 11) is 0. The van der Waals surface area contributed by atoms with Crippen molar-refractivity contribution < 1.29 is 9.47 Å². The van der Waals surface area contributed by atoms with E-state index in [1.807, 2.05) is 0 Å². The van der Waals surface area contributed by atoms with E-state index in [2.05, 4.69) is 40.7 Å². The van der Waals surface area contributed by atoms with Crippen LogP contribution in [0, 0.1) is 12.8 Å². The van der Waals surface area contributed by atoms with E-state index in [1.165, 1.54) is 36.1 Å². The number of anilines is 1. The molecule has 1 aromatic carbocycles. The second-order valence-corrected chi connectivity index (χ2v) is 7.95. The van der Waals surface area contributed by atoms with Crippen molar-refractivity contribution in [3.8, 4) is 0 Å². The molecule has 3 aliphatic rings. The summed E-state index contributed by atoms with van der Waals surface area (Å²) < 4.78 is 11.2. The molecule has 2 heterocycles. The van der Waals surface area contributed by atoms with Gasteiger partial charge in [-0.25, -0.2) is 0 Å². The molecule has 3 fully saturated rings.